The molecule has 9 heteroatoms. The molecule has 26 heavy (non-hydrogen) atoms. The summed E-state index contributed by atoms with van der Waals surface area (Å²) < 4.78 is 5.33. The molecule has 150 valence electrons. The van der Waals surface area contributed by atoms with Gasteiger partial charge in [0.05, 0.1) is 18.7 Å². The van der Waals surface area contributed by atoms with E-state index in [4.69, 9.17) is 9.84 Å². The van der Waals surface area contributed by atoms with Crippen LogP contribution in [0.4, 0.5) is 0 Å². The molecule has 7 atom stereocenters. The molecule has 0 aromatic carbocycles. The van der Waals surface area contributed by atoms with Crippen LogP contribution in [0, 0.1) is 5.92 Å². The van der Waals surface area contributed by atoms with Gasteiger partial charge in [-0.3, -0.25) is 4.79 Å². The van der Waals surface area contributed by atoms with E-state index in [1.54, 1.807) is 0 Å². The molecule has 1 aliphatic heterocycles. The highest BCUT2D eigenvalue weighted by atomic mass is 16.5. The van der Waals surface area contributed by atoms with Gasteiger partial charge in [0.15, 0.2) is 0 Å². The molecular weight excluding hydrogens is 344 g/mol. The van der Waals surface area contributed by atoms with Crippen LogP contribution in [-0.4, -0.2) is 75.3 Å². The molecule has 0 bridgehead atoms. The maximum atomic E-state index is 11.6. The fourth-order valence-corrected chi connectivity index (χ4v) is 2.84. The average Bonchev–Trinajstić information content (AvgIpc) is 2.59. The minimum atomic E-state index is -1.59. The number of ether oxygens (including phenoxy) is 1. The summed E-state index contributed by atoms with van der Waals surface area (Å²) in [5, 5.41) is 44.4. The zero-order valence-corrected chi connectivity index (χ0v) is 15.5. The van der Waals surface area contributed by atoms with E-state index in [2.05, 4.69) is 10.6 Å². The van der Waals surface area contributed by atoms with Crippen LogP contribution in [0.1, 0.15) is 34.1 Å². The summed E-state index contributed by atoms with van der Waals surface area (Å²) in [5.41, 5.74) is 0. The van der Waals surface area contributed by atoms with Crippen LogP contribution in [0.3, 0.4) is 0 Å². The van der Waals surface area contributed by atoms with Crippen molar-refractivity contribution in [3.05, 3.63) is 11.8 Å². The number of rotatable bonds is 9. The van der Waals surface area contributed by atoms with E-state index in [0.29, 0.717) is 0 Å². The average molecular weight is 374 g/mol. The number of aliphatic hydroxyl groups excluding tert-OH is 3. The summed E-state index contributed by atoms with van der Waals surface area (Å²) in [5.74, 6) is -1.84. The molecule has 0 aliphatic carbocycles. The van der Waals surface area contributed by atoms with Crippen molar-refractivity contribution in [3.8, 4) is 0 Å². The number of nitrogens with one attached hydrogen (secondary N) is 2. The number of aliphatic hydroxyl groups is 3. The summed E-state index contributed by atoms with van der Waals surface area (Å²) in [6, 6.07) is -1.49. The number of carbonyl (C=O) groups excluding carboxylic acids is 1. The molecule has 6 N–H and O–H groups in total. The van der Waals surface area contributed by atoms with E-state index >= 15 is 0 Å². The fourth-order valence-electron chi connectivity index (χ4n) is 2.84. The molecule has 0 aromatic rings. The molecule has 0 radical (unpaired) electrons. The van der Waals surface area contributed by atoms with Crippen LogP contribution in [0.5, 0.6) is 0 Å². The van der Waals surface area contributed by atoms with E-state index < -0.39 is 54.6 Å². The highest BCUT2D eigenvalue weighted by Gasteiger charge is 2.43. The van der Waals surface area contributed by atoms with Crippen LogP contribution >= 0.6 is 0 Å². The number of aliphatic carboxylic acids is 1. The van der Waals surface area contributed by atoms with E-state index in [0.717, 1.165) is 6.42 Å². The molecule has 0 aromatic heterocycles. The van der Waals surface area contributed by atoms with Gasteiger partial charge in [-0.2, -0.15) is 0 Å². The van der Waals surface area contributed by atoms with E-state index in [9.17, 15) is 24.9 Å². The standard InChI is InChI=1S/C17H30N2O7/c1-5-8(2)9(3)18-11-6-13(17(24)25)26-16(14(11)19-10(4)21)15(23)12(22)7-20/h6,8-9,11-12,14-16,18,20,22-23H,5,7H2,1-4H3,(H,19,21)(H,24,25)/t8?,9?,11-,12+,14+,15+,16+/m0/s1. The summed E-state index contributed by atoms with van der Waals surface area (Å²) in [7, 11) is 0. The van der Waals surface area contributed by atoms with Crippen molar-refractivity contribution in [1.82, 2.24) is 10.6 Å². The first-order valence-electron chi connectivity index (χ1n) is 8.74. The van der Waals surface area contributed by atoms with Crippen LogP contribution in [-0.2, 0) is 14.3 Å². The Morgan fingerprint density at radius 1 is 1.31 bits per heavy atom. The number of carboxylic acids is 1. The molecule has 0 spiro atoms. The third-order valence-electron chi connectivity index (χ3n) is 4.79. The predicted octanol–water partition coefficient (Wildman–Crippen LogP) is -1.03. The number of carbonyl (C=O) groups is 2. The predicted molar refractivity (Wildman–Crippen MR) is 93.1 cm³/mol. The third-order valence-corrected chi connectivity index (χ3v) is 4.79. The minimum absolute atomic E-state index is 0.00814. The van der Waals surface area contributed by atoms with Crippen molar-refractivity contribution in [3.63, 3.8) is 0 Å². The smallest absolute Gasteiger partial charge is 0.370 e. The Morgan fingerprint density at radius 2 is 1.92 bits per heavy atom. The van der Waals surface area contributed by atoms with Crippen LogP contribution in [0.2, 0.25) is 0 Å². The Kier molecular flexibility index (Phi) is 8.48. The Balaban J connectivity index is 3.22. The summed E-state index contributed by atoms with van der Waals surface area (Å²) >= 11 is 0. The Bertz CT molecular complexity index is 525. The number of hydrogen-bond donors (Lipinski definition) is 6. The van der Waals surface area contributed by atoms with Gasteiger partial charge in [0.1, 0.15) is 18.3 Å². The second-order valence-corrected chi connectivity index (χ2v) is 6.75. The maximum Gasteiger partial charge on any atom is 0.370 e. The number of carboxylic acid groups (broad SMARTS) is 1. The lowest BCUT2D eigenvalue weighted by molar-refractivity contribution is -0.146. The molecular formula is C17H30N2O7. The topological polar surface area (TPSA) is 148 Å². The Hall–Kier alpha value is -1.68. The highest BCUT2D eigenvalue weighted by molar-refractivity contribution is 5.84. The first-order valence-corrected chi connectivity index (χ1v) is 8.74. The fraction of sp³-hybridized carbons (Fsp3) is 0.765. The van der Waals surface area contributed by atoms with Crippen molar-refractivity contribution < 1.29 is 34.8 Å². The summed E-state index contributed by atoms with van der Waals surface area (Å²) in [4.78, 5) is 23.0. The Morgan fingerprint density at radius 3 is 2.38 bits per heavy atom. The molecule has 9 nitrogen and oxygen atoms in total. The van der Waals surface area contributed by atoms with Crippen molar-refractivity contribution in [2.24, 2.45) is 5.92 Å². The maximum absolute atomic E-state index is 11.6. The zero-order valence-electron chi connectivity index (χ0n) is 15.5. The van der Waals surface area contributed by atoms with Crippen molar-refractivity contribution in [2.75, 3.05) is 6.61 Å². The second-order valence-electron chi connectivity index (χ2n) is 6.75. The van der Waals surface area contributed by atoms with Gasteiger partial charge in [-0.1, -0.05) is 20.3 Å². The third kappa shape index (κ3) is 5.66. The second kappa shape index (κ2) is 9.86. The lowest BCUT2D eigenvalue weighted by atomic mass is 9.90. The van der Waals surface area contributed by atoms with Crippen LogP contribution < -0.4 is 10.6 Å². The molecule has 1 amide bonds. The van der Waals surface area contributed by atoms with E-state index in [1.165, 1.54) is 13.0 Å². The van der Waals surface area contributed by atoms with Gasteiger partial charge < -0.3 is 35.8 Å². The lowest BCUT2D eigenvalue weighted by Crippen LogP contribution is -2.64. The minimum Gasteiger partial charge on any atom is -0.478 e. The summed E-state index contributed by atoms with van der Waals surface area (Å²) in [6.07, 6.45) is -2.15. The van der Waals surface area contributed by atoms with E-state index in [1.807, 2.05) is 20.8 Å². The van der Waals surface area contributed by atoms with Crippen molar-refractivity contribution >= 4 is 11.9 Å². The van der Waals surface area contributed by atoms with Gasteiger partial charge in [0.2, 0.25) is 11.7 Å². The van der Waals surface area contributed by atoms with Gasteiger partial charge in [-0.05, 0) is 18.9 Å². The molecule has 1 heterocycles. The van der Waals surface area contributed by atoms with E-state index in [-0.39, 0.29) is 12.0 Å². The van der Waals surface area contributed by atoms with Crippen molar-refractivity contribution in [1.29, 1.82) is 0 Å². The first-order chi connectivity index (χ1) is 12.1. The number of hydrogen-bond acceptors (Lipinski definition) is 7. The lowest BCUT2D eigenvalue weighted by Gasteiger charge is -2.41. The zero-order chi connectivity index (χ0) is 20.0. The van der Waals surface area contributed by atoms with Crippen LogP contribution in [0.25, 0.3) is 0 Å². The molecule has 2 unspecified atom stereocenters. The largest absolute Gasteiger partial charge is 0.478 e. The molecule has 0 saturated heterocycles. The van der Waals surface area contributed by atoms with Crippen molar-refractivity contribution in [2.45, 2.75) is 70.6 Å². The van der Waals surface area contributed by atoms with Gasteiger partial charge in [0, 0.05) is 13.0 Å². The SMILES string of the molecule is CCC(C)C(C)N[C@H]1C=C(C(=O)O)O[C@@H]([C@H](O)[C@H](O)CO)[C@@H]1NC(C)=O. The highest BCUT2D eigenvalue weighted by Crippen LogP contribution is 2.24. The van der Waals surface area contributed by atoms with Gasteiger partial charge >= 0.3 is 5.97 Å². The van der Waals surface area contributed by atoms with Gasteiger partial charge in [-0.25, -0.2) is 4.79 Å². The van der Waals surface area contributed by atoms with Gasteiger partial charge in [-0.15, -0.1) is 0 Å². The summed E-state index contributed by atoms with van der Waals surface area (Å²) in [6.45, 7) is 6.56. The quantitative estimate of drug-likeness (QED) is 0.300. The molecule has 1 aliphatic rings. The molecule has 0 fully saturated rings. The molecule has 1 rings (SSSR count). The van der Waals surface area contributed by atoms with Gasteiger partial charge in [0.25, 0.3) is 0 Å². The monoisotopic (exact) mass is 374 g/mol. The first kappa shape index (κ1) is 22.4. The Labute approximate surface area is 153 Å². The number of amides is 1. The molecule has 0 saturated carbocycles. The van der Waals surface area contributed by atoms with Crippen LogP contribution in [0.15, 0.2) is 11.8 Å². The normalized spacial score (nSPS) is 27.5.